The first-order valence-electron chi connectivity index (χ1n) is 7.58. The molecule has 0 aliphatic rings. The molecule has 0 radical (unpaired) electrons. The van der Waals surface area contributed by atoms with Crippen LogP contribution in [0.3, 0.4) is 0 Å². The van der Waals surface area contributed by atoms with Crippen LogP contribution in [-0.4, -0.2) is 37.5 Å². The van der Waals surface area contributed by atoms with Crippen LogP contribution >= 0.6 is 7.80 Å². The third kappa shape index (κ3) is 8.42. The highest BCUT2D eigenvalue weighted by Gasteiger charge is 2.38. The minimum Gasteiger partial charge on any atom is -0.327 e. The average Bonchev–Trinajstić information content (AvgIpc) is 2.52. The van der Waals surface area contributed by atoms with Gasteiger partial charge in [0.1, 0.15) is 0 Å². The Kier molecular flexibility index (Phi) is 11.6. The van der Waals surface area contributed by atoms with Gasteiger partial charge in [0.2, 0.25) is 0 Å². The molecular formula is C15H28O5P+. The molecule has 0 rings (SSSR count). The topological polar surface area (TPSA) is 61.8 Å². The second-order valence-corrected chi connectivity index (χ2v) is 6.27. The normalized spacial score (nSPS) is 12.2. The zero-order chi connectivity index (χ0) is 16.1. The molecule has 0 amide bonds. The van der Waals surface area contributed by atoms with Crippen molar-refractivity contribution in [3.63, 3.8) is 0 Å². The minimum absolute atomic E-state index is 0.164. The molecule has 0 saturated heterocycles. The van der Waals surface area contributed by atoms with E-state index in [2.05, 4.69) is 6.58 Å². The molecule has 0 aromatic heterocycles. The molecule has 1 atom stereocenters. The lowest BCUT2D eigenvalue weighted by atomic mass is 10.3. The van der Waals surface area contributed by atoms with Gasteiger partial charge in [-0.05, 0) is 19.3 Å². The van der Waals surface area contributed by atoms with Gasteiger partial charge in [0.05, 0.1) is 26.2 Å². The molecule has 1 unspecified atom stereocenters. The van der Waals surface area contributed by atoms with E-state index in [9.17, 15) is 9.36 Å². The Morgan fingerprint density at radius 1 is 1.05 bits per heavy atom. The van der Waals surface area contributed by atoms with Crippen molar-refractivity contribution in [1.29, 1.82) is 0 Å². The largest absolute Gasteiger partial charge is 0.419 e. The van der Waals surface area contributed by atoms with Gasteiger partial charge >= 0.3 is 13.3 Å². The monoisotopic (exact) mass is 319 g/mol. The fourth-order valence-electron chi connectivity index (χ4n) is 1.56. The van der Waals surface area contributed by atoms with Crippen molar-refractivity contribution in [3.05, 3.63) is 12.7 Å². The van der Waals surface area contributed by atoms with Crippen molar-refractivity contribution < 1.29 is 23.6 Å². The summed E-state index contributed by atoms with van der Waals surface area (Å²) in [5, 5.41) is 0. The van der Waals surface area contributed by atoms with Crippen molar-refractivity contribution in [3.8, 4) is 0 Å². The van der Waals surface area contributed by atoms with Gasteiger partial charge in [-0.15, -0.1) is 0 Å². The van der Waals surface area contributed by atoms with Crippen LogP contribution in [-0.2, 0) is 23.6 Å². The van der Waals surface area contributed by atoms with Crippen LogP contribution in [0.5, 0.6) is 0 Å². The maximum Gasteiger partial charge on any atom is 0.419 e. The van der Waals surface area contributed by atoms with Gasteiger partial charge in [-0.1, -0.05) is 31.9 Å². The van der Waals surface area contributed by atoms with E-state index in [1.807, 2.05) is 20.8 Å². The standard InChI is InChI=1S/C15H28O5P/c1-5-10-18-15(19-11-6-2,20-12-7-3)9-13-21(17)14(16)8-4/h8H,4-7,9-13H2,1-3H3/q+1. The summed E-state index contributed by atoms with van der Waals surface area (Å²) in [5.74, 6) is -1.20. The van der Waals surface area contributed by atoms with Crippen molar-refractivity contribution in [2.75, 3.05) is 26.0 Å². The van der Waals surface area contributed by atoms with Crippen molar-refractivity contribution >= 4 is 13.3 Å². The predicted molar refractivity (Wildman–Crippen MR) is 83.8 cm³/mol. The molecule has 0 N–H and O–H groups in total. The van der Waals surface area contributed by atoms with Gasteiger partial charge in [0.15, 0.2) is 6.16 Å². The fourth-order valence-corrected chi connectivity index (χ4v) is 2.47. The smallest absolute Gasteiger partial charge is 0.327 e. The van der Waals surface area contributed by atoms with Gasteiger partial charge in [-0.2, -0.15) is 0 Å². The zero-order valence-corrected chi connectivity index (χ0v) is 14.3. The molecule has 0 heterocycles. The van der Waals surface area contributed by atoms with E-state index in [4.69, 9.17) is 14.2 Å². The molecule has 0 aliphatic carbocycles. The molecule has 0 fully saturated rings. The van der Waals surface area contributed by atoms with Crippen LogP contribution in [0, 0.1) is 0 Å². The van der Waals surface area contributed by atoms with Crippen molar-refractivity contribution in [2.24, 2.45) is 0 Å². The number of ether oxygens (including phenoxy) is 3. The molecule has 122 valence electrons. The molecule has 0 aliphatic heterocycles. The number of carbonyl (C=O) groups excluding carboxylic acids is 1. The highest BCUT2D eigenvalue weighted by molar-refractivity contribution is 7.64. The summed E-state index contributed by atoms with van der Waals surface area (Å²) in [5.41, 5.74) is -0.444. The number of rotatable bonds is 14. The quantitative estimate of drug-likeness (QED) is 0.276. The highest BCUT2D eigenvalue weighted by atomic mass is 31.1. The molecule has 0 aromatic rings. The van der Waals surface area contributed by atoms with E-state index in [1.54, 1.807) is 0 Å². The van der Waals surface area contributed by atoms with Crippen LogP contribution in [0.25, 0.3) is 0 Å². The molecule has 0 spiro atoms. The lowest BCUT2D eigenvalue weighted by molar-refractivity contribution is -0.381. The Hall–Kier alpha value is -0.610. The summed E-state index contributed by atoms with van der Waals surface area (Å²) in [7, 11) is -2.00. The summed E-state index contributed by atoms with van der Waals surface area (Å²) in [6.07, 6.45) is 3.99. The first-order chi connectivity index (χ1) is 10.0. The van der Waals surface area contributed by atoms with Crippen LogP contribution < -0.4 is 0 Å². The van der Waals surface area contributed by atoms with Gasteiger partial charge in [-0.25, -0.2) is 4.79 Å². The Morgan fingerprint density at radius 2 is 1.48 bits per heavy atom. The van der Waals surface area contributed by atoms with Gasteiger partial charge in [-0.3, -0.25) is 0 Å². The van der Waals surface area contributed by atoms with Crippen LogP contribution in [0.2, 0.25) is 0 Å². The lowest BCUT2D eigenvalue weighted by Crippen LogP contribution is -2.41. The third-order valence-electron chi connectivity index (χ3n) is 2.62. The second-order valence-electron chi connectivity index (χ2n) is 4.62. The molecular weight excluding hydrogens is 291 g/mol. The Bertz CT molecular complexity index is 308. The van der Waals surface area contributed by atoms with E-state index in [-0.39, 0.29) is 12.6 Å². The van der Waals surface area contributed by atoms with E-state index in [1.165, 1.54) is 0 Å². The van der Waals surface area contributed by atoms with E-state index < -0.39 is 19.3 Å². The number of hydrogen-bond acceptors (Lipinski definition) is 5. The first-order valence-corrected chi connectivity index (χ1v) is 9.02. The molecule has 0 bridgehead atoms. The molecule has 0 saturated carbocycles. The summed E-state index contributed by atoms with van der Waals surface area (Å²) in [6, 6.07) is 0. The van der Waals surface area contributed by atoms with Crippen molar-refractivity contribution in [2.45, 2.75) is 52.4 Å². The Balaban J connectivity index is 4.80. The van der Waals surface area contributed by atoms with E-state index >= 15 is 0 Å². The number of hydrogen-bond donors (Lipinski definition) is 0. The van der Waals surface area contributed by atoms with Crippen LogP contribution in [0.15, 0.2) is 12.7 Å². The molecule has 21 heavy (non-hydrogen) atoms. The van der Waals surface area contributed by atoms with Gasteiger partial charge in [0, 0.05) is 6.08 Å². The second kappa shape index (κ2) is 12.0. The number of allylic oxidation sites excluding steroid dienone is 1. The van der Waals surface area contributed by atoms with E-state index in [0.717, 1.165) is 25.3 Å². The van der Waals surface area contributed by atoms with E-state index in [0.29, 0.717) is 19.8 Å². The zero-order valence-electron chi connectivity index (χ0n) is 13.4. The molecule has 0 aromatic carbocycles. The summed E-state index contributed by atoms with van der Waals surface area (Å²) >= 11 is 0. The molecule has 5 nitrogen and oxygen atoms in total. The predicted octanol–water partition coefficient (Wildman–Crippen LogP) is 3.85. The maximum absolute atomic E-state index is 11.8. The maximum atomic E-state index is 11.8. The number of carbonyl (C=O) groups is 1. The van der Waals surface area contributed by atoms with Crippen molar-refractivity contribution in [1.82, 2.24) is 0 Å². The Morgan fingerprint density at radius 3 is 1.81 bits per heavy atom. The first kappa shape index (κ1) is 20.4. The summed E-state index contributed by atoms with van der Waals surface area (Å²) < 4.78 is 29.0. The third-order valence-corrected chi connectivity index (χ3v) is 3.92. The Labute approximate surface area is 128 Å². The van der Waals surface area contributed by atoms with Gasteiger partial charge in [0.25, 0.3) is 5.97 Å². The average molecular weight is 319 g/mol. The van der Waals surface area contributed by atoms with Crippen LogP contribution in [0.1, 0.15) is 46.5 Å². The van der Waals surface area contributed by atoms with Crippen LogP contribution in [0.4, 0.5) is 0 Å². The van der Waals surface area contributed by atoms with Gasteiger partial charge < -0.3 is 14.2 Å². The summed E-state index contributed by atoms with van der Waals surface area (Å²) in [4.78, 5) is 11.3. The lowest BCUT2D eigenvalue weighted by Gasteiger charge is -2.32. The molecule has 6 heteroatoms. The SMILES string of the molecule is C=CC(=O)[P+](=O)CCC(OCCC)(OCCC)OCCC. The fraction of sp³-hybridized carbons (Fsp3) is 0.800. The highest BCUT2D eigenvalue weighted by Crippen LogP contribution is 2.30. The summed E-state index contributed by atoms with van der Waals surface area (Å²) in [6.45, 7) is 10.8. The minimum atomic E-state index is -2.00.